The van der Waals surface area contributed by atoms with Crippen LogP contribution in [-0.2, 0) is 6.54 Å². The van der Waals surface area contributed by atoms with Gasteiger partial charge in [-0.2, -0.15) is 13.2 Å². The Morgan fingerprint density at radius 1 is 1.00 bits per heavy atom. The Kier molecular flexibility index (Phi) is 6.21. The third kappa shape index (κ3) is 4.90. The lowest BCUT2D eigenvalue weighted by Gasteiger charge is -2.18. The van der Waals surface area contributed by atoms with Crippen LogP contribution in [0.2, 0.25) is 15.1 Å². The summed E-state index contributed by atoms with van der Waals surface area (Å²) in [7, 11) is 0. The van der Waals surface area contributed by atoms with E-state index < -0.39 is 12.1 Å². The minimum absolute atomic E-state index is 0.0269. The molecule has 0 aliphatic carbocycles. The van der Waals surface area contributed by atoms with E-state index in [4.69, 9.17) is 40.5 Å². The molecule has 0 amide bonds. The molecule has 2 rings (SSSR count). The molecule has 24 heavy (non-hydrogen) atoms. The Bertz CT molecular complexity index is 737. The normalized spacial score (nSPS) is 13.5. The molecular weight excluding hydrogens is 382 g/mol. The van der Waals surface area contributed by atoms with Crippen molar-refractivity contribution in [2.24, 2.45) is 5.73 Å². The van der Waals surface area contributed by atoms with Crippen LogP contribution in [0, 0.1) is 0 Å². The lowest BCUT2D eigenvalue weighted by atomic mass is 9.97. The number of hydrogen-bond acceptors (Lipinski definition) is 1. The zero-order valence-corrected chi connectivity index (χ0v) is 14.5. The van der Waals surface area contributed by atoms with E-state index in [2.05, 4.69) is 0 Å². The summed E-state index contributed by atoms with van der Waals surface area (Å²) in [5.74, 6) is -1.83. The molecular formula is C17H13Cl3F3N. The first-order chi connectivity index (χ1) is 11.2. The molecule has 0 radical (unpaired) electrons. The van der Waals surface area contributed by atoms with Gasteiger partial charge in [0.1, 0.15) is 0 Å². The van der Waals surface area contributed by atoms with Gasteiger partial charge in [0.2, 0.25) is 0 Å². The SMILES string of the molecule is NCc1ccc(/C=C/C(c2cc(Cl)cc(Cl)c2)C(F)(F)F)cc1Cl. The predicted octanol–water partition coefficient (Wildman–Crippen LogP) is 6.46. The van der Waals surface area contributed by atoms with E-state index >= 15 is 0 Å². The van der Waals surface area contributed by atoms with Gasteiger partial charge in [-0.3, -0.25) is 0 Å². The van der Waals surface area contributed by atoms with Gasteiger partial charge in [0.25, 0.3) is 0 Å². The van der Waals surface area contributed by atoms with E-state index in [0.717, 1.165) is 11.6 Å². The molecule has 1 nitrogen and oxygen atoms in total. The summed E-state index contributed by atoms with van der Waals surface area (Å²) in [6.07, 6.45) is -2.07. The minimum atomic E-state index is -4.48. The fourth-order valence-corrected chi connectivity index (χ4v) is 3.01. The average Bonchev–Trinajstić information content (AvgIpc) is 2.45. The van der Waals surface area contributed by atoms with Crippen LogP contribution in [-0.4, -0.2) is 6.18 Å². The van der Waals surface area contributed by atoms with Crippen molar-refractivity contribution in [3.8, 4) is 0 Å². The summed E-state index contributed by atoms with van der Waals surface area (Å²) in [5, 5.41) is 0.708. The molecule has 2 aromatic carbocycles. The van der Waals surface area contributed by atoms with E-state index in [0.29, 0.717) is 10.6 Å². The van der Waals surface area contributed by atoms with Crippen LogP contribution in [0.1, 0.15) is 22.6 Å². The summed E-state index contributed by atoms with van der Waals surface area (Å²) in [6, 6.07) is 8.79. The van der Waals surface area contributed by atoms with Crippen LogP contribution in [0.5, 0.6) is 0 Å². The summed E-state index contributed by atoms with van der Waals surface area (Å²) >= 11 is 17.6. The lowest BCUT2D eigenvalue weighted by Crippen LogP contribution is -2.18. The maximum Gasteiger partial charge on any atom is 0.399 e. The molecule has 0 saturated heterocycles. The Balaban J connectivity index is 2.38. The Labute approximate surface area is 152 Å². The van der Waals surface area contributed by atoms with Gasteiger partial charge < -0.3 is 5.73 Å². The molecule has 1 unspecified atom stereocenters. The maximum atomic E-state index is 13.4. The summed E-state index contributed by atoms with van der Waals surface area (Å²) in [5.41, 5.74) is 6.75. The third-order valence-corrected chi connectivity index (χ3v) is 4.16. The quantitative estimate of drug-likeness (QED) is 0.632. The van der Waals surface area contributed by atoms with E-state index in [1.54, 1.807) is 18.2 Å². The van der Waals surface area contributed by atoms with Crippen LogP contribution < -0.4 is 5.73 Å². The largest absolute Gasteiger partial charge is 0.399 e. The second-order valence-corrected chi connectivity index (χ2v) is 6.42. The molecule has 1 atom stereocenters. The number of hydrogen-bond donors (Lipinski definition) is 1. The highest BCUT2D eigenvalue weighted by molar-refractivity contribution is 6.34. The zero-order chi connectivity index (χ0) is 17.9. The molecule has 0 heterocycles. The second kappa shape index (κ2) is 7.79. The standard InChI is InChI=1S/C17H13Cl3F3N/c18-13-6-12(7-14(19)8-13)15(17(21,22)23)4-2-10-1-3-11(9-24)16(20)5-10/h1-8,15H,9,24H2/b4-2+. The third-order valence-electron chi connectivity index (χ3n) is 3.37. The Hall–Kier alpha value is -1.20. The number of nitrogens with two attached hydrogens (primary N) is 1. The molecule has 0 aliphatic rings. The van der Waals surface area contributed by atoms with Crippen molar-refractivity contribution in [3.05, 3.63) is 74.2 Å². The van der Waals surface area contributed by atoms with E-state index in [-0.39, 0.29) is 22.2 Å². The van der Waals surface area contributed by atoms with Gasteiger partial charge in [-0.05, 0) is 41.0 Å². The first kappa shape index (κ1) is 19.1. The van der Waals surface area contributed by atoms with Gasteiger partial charge >= 0.3 is 6.18 Å². The van der Waals surface area contributed by atoms with Crippen molar-refractivity contribution < 1.29 is 13.2 Å². The van der Waals surface area contributed by atoms with Crippen molar-refractivity contribution in [1.82, 2.24) is 0 Å². The van der Waals surface area contributed by atoms with Crippen molar-refractivity contribution in [2.45, 2.75) is 18.6 Å². The molecule has 7 heteroatoms. The van der Waals surface area contributed by atoms with Crippen molar-refractivity contribution in [3.63, 3.8) is 0 Å². The van der Waals surface area contributed by atoms with Crippen LogP contribution in [0.15, 0.2) is 42.5 Å². The van der Waals surface area contributed by atoms with Gasteiger partial charge in [-0.1, -0.05) is 59.1 Å². The van der Waals surface area contributed by atoms with Crippen LogP contribution in [0.4, 0.5) is 13.2 Å². The molecule has 0 saturated carbocycles. The monoisotopic (exact) mass is 393 g/mol. The molecule has 2 aromatic rings. The van der Waals surface area contributed by atoms with E-state index in [1.807, 2.05) is 0 Å². The molecule has 0 aromatic heterocycles. The molecule has 2 N–H and O–H groups in total. The van der Waals surface area contributed by atoms with E-state index in [1.165, 1.54) is 24.3 Å². The summed E-state index contributed by atoms with van der Waals surface area (Å²) < 4.78 is 40.2. The number of benzene rings is 2. The number of allylic oxidation sites excluding steroid dienone is 1. The van der Waals surface area contributed by atoms with Gasteiger partial charge in [0.05, 0.1) is 5.92 Å². The van der Waals surface area contributed by atoms with Gasteiger partial charge in [0.15, 0.2) is 0 Å². The predicted molar refractivity (Wildman–Crippen MR) is 93.6 cm³/mol. The summed E-state index contributed by atoms with van der Waals surface area (Å²) in [6.45, 7) is 0.259. The molecule has 0 bridgehead atoms. The van der Waals surface area contributed by atoms with Crippen molar-refractivity contribution >= 4 is 40.9 Å². The highest BCUT2D eigenvalue weighted by atomic mass is 35.5. The van der Waals surface area contributed by atoms with Crippen LogP contribution >= 0.6 is 34.8 Å². The zero-order valence-electron chi connectivity index (χ0n) is 12.2. The summed E-state index contributed by atoms with van der Waals surface area (Å²) in [4.78, 5) is 0. The van der Waals surface area contributed by atoms with Crippen LogP contribution in [0.25, 0.3) is 6.08 Å². The first-order valence-corrected chi connectivity index (χ1v) is 8.03. The number of alkyl halides is 3. The van der Waals surface area contributed by atoms with Crippen molar-refractivity contribution in [1.29, 1.82) is 0 Å². The molecule has 0 spiro atoms. The maximum absolute atomic E-state index is 13.4. The van der Waals surface area contributed by atoms with Gasteiger partial charge in [-0.15, -0.1) is 0 Å². The topological polar surface area (TPSA) is 26.0 Å². The number of rotatable bonds is 4. The Morgan fingerprint density at radius 2 is 1.62 bits per heavy atom. The highest BCUT2D eigenvalue weighted by Gasteiger charge is 2.39. The lowest BCUT2D eigenvalue weighted by molar-refractivity contribution is -0.139. The smallest absolute Gasteiger partial charge is 0.326 e. The van der Waals surface area contributed by atoms with E-state index in [9.17, 15) is 13.2 Å². The molecule has 128 valence electrons. The first-order valence-electron chi connectivity index (χ1n) is 6.90. The second-order valence-electron chi connectivity index (χ2n) is 5.14. The highest BCUT2D eigenvalue weighted by Crippen LogP contribution is 2.38. The fourth-order valence-electron chi connectivity index (χ4n) is 2.20. The van der Waals surface area contributed by atoms with Gasteiger partial charge in [0, 0.05) is 21.6 Å². The number of halogens is 6. The van der Waals surface area contributed by atoms with Crippen molar-refractivity contribution in [2.75, 3.05) is 0 Å². The average molecular weight is 395 g/mol. The molecule has 0 aliphatic heterocycles. The van der Waals surface area contributed by atoms with Crippen LogP contribution in [0.3, 0.4) is 0 Å². The molecule has 0 fully saturated rings. The fraction of sp³-hybridized carbons (Fsp3) is 0.176. The minimum Gasteiger partial charge on any atom is -0.326 e. The Morgan fingerprint density at radius 3 is 2.12 bits per heavy atom. The van der Waals surface area contributed by atoms with Gasteiger partial charge in [-0.25, -0.2) is 0 Å².